The average molecular weight is 237 g/mol. The van der Waals surface area contributed by atoms with Gasteiger partial charge >= 0.3 is 0 Å². The molecular formula is C12H19N3S. The Labute approximate surface area is 101 Å². The Bertz CT molecular complexity index is 339. The third-order valence-corrected chi connectivity index (χ3v) is 4.51. The summed E-state index contributed by atoms with van der Waals surface area (Å²) in [4.78, 5) is 8.18. The molecule has 2 rings (SSSR count). The van der Waals surface area contributed by atoms with E-state index in [0.717, 1.165) is 11.4 Å². The lowest BCUT2D eigenvalue weighted by molar-refractivity contribution is 0.232. The number of aromatic nitrogens is 2. The number of thioether (sulfide) groups is 1. The van der Waals surface area contributed by atoms with Gasteiger partial charge in [-0.3, -0.25) is 0 Å². The van der Waals surface area contributed by atoms with Crippen LogP contribution in [0.2, 0.25) is 0 Å². The van der Waals surface area contributed by atoms with Crippen LogP contribution >= 0.6 is 11.8 Å². The maximum Gasteiger partial charge on any atom is 0.116 e. The molecule has 0 aliphatic heterocycles. The summed E-state index contributed by atoms with van der Waals surface area (Å²) in [5, 5.41) is 1.52. The van der Waals surface area contributed by atoms with Crippen LogP contribution in [0, 0.1) is 5.41 Å². The van der Waals surface area contributed by atoms with E-state index in [-0.39, 0.29) is 0 Å². The fourth-order valence-corrected chi connectivity index (χ4v) is 3.58. The molecule has 88 valence electrons. The molecule has 1 aliphatic rings. The van der Waals surface area contributed by atoms with Gasteiger partial charge in [-0.2, -0.15) is 0 Å². The maximum absolute atomic E-state index is 6.18. The Morgan fingerprint density at radius 1 is 1.50 bits per heavy atom. The predicted molar refractivity (Wildman–Crippen MR) is 67.3 cm³/mol. The number of rotatable bonds is 2. The van der Waals surface area contributed by atoms with Gasteiger partial charge in [-0.1, -0.05) is 13.8 Å². The molecule has 0 spiro atoms. The number of hydrogen-bond donors (Lipinski definition) is 1. The molecular weight excluding hydrogens is 218 g/mol. The summed E-state index contributed by atoms with van der Waals surface area (Å²) in [7, 11) is 0. The summed E-state index contributed by atoms with van der Waals surface area (Å²) in [5.41, 5.74) is 6.60. The van der Waals surface area contributed by atoms with Crippen LogP contribution in [0.1, 0.15) is 33.1 Å². The SMILES string of the molecule is CC1(C)CCC(N)C(Sc2ccncn2)C1. The van der Waals surface area contributed by atoms with E-state index >= 15 is 0 Å². The van der Waals surface area contributed by atoms with Crippen molar-refractivity contribution in [2.24, 2.45) is 11.1 Å². The van der Waals surface area contributed by atoms with Crippen molar-refractivity contribution >= 4 is 11.8 Å². The van der Waals surface area contributed by atoms with E-state index < -0.39 is 0 Å². The summed E-state index contributed by atoms with van der Waals surface area (Å²) in [5.74, 6) is 0. The van der Waals surface area contributed by atoms with Crippen molar-refractivity contribution in [3.8, 4) is 0 Å². The Kier molecular flexibility index (Phi) is 3.50. The highest BCUT2D eigenvalue weighted by molar-refractivity contribution is 7.99. The first-order chi connectivity index (χ1) is 7.57. The van der Waals surface area contributed by atoms with Gasteiger partial charge in [-0.05, 0) is 30.7 Å². The molecule has 1 aromatic rings. The minimum Gasteiger partial charge on any atom is -0.327 e. The van der Waals surface area contributed by atoms with Crippen LogP contribution in [-0.4, -0.2) is 21.3 Å². The van der Waals surface area contributed by atoms with E-state index in [2.05, 4.69) is 23.8 Å². The second kappa shape index (κ2) is 4.72. The van der Waals surface area contributed by atoms with E-state index in [1.54, 1.807) is 24.3 Å². The largest absolute Gasteiger partial charge is 0.327 e. The minimum atomic E-state index is 0.299. The first kappa shape index (κ1) is 11.9. The van der Waals surface area contributed by atoms with Gasteiger partial charge in [0, 0.05) is 17.5 Å². The molecule has 1 saturated carbocycles. The third kappa shape index (κ3) is 2.95. The molecule has 1 aromatic heterocycles. The van der Waals surface area contributed by atoms with E-state index in [1.165, 1.54) is 12.8 Å². The molecule has 2 N–H and O–H groups in total. The predicted octanol–water partition coefficient (Wildman–Crippen LogP) is 2.47. The van der Waals surface area contributed by atoms with Gasteiger partial charge in [0.15, 0.2) is 0 Å². The fraction of sp³-hybridized carbons (Fsp3) is 0.667. The number of nitrogens with two attached hydrogens (primary N) is 1. The van der Waals surface area contributed by atoms with Gasteiger partial charge in [0.05, 0.1) is 5.03 Å². The summed E-state index contributed by atoms with van der Waals surface area (Å²) in [6.07, 6.45) is 6.91. The fourth-order valence-electron chi connectivity index (χ4n) is 2.17. The lowest BCUT2D eigenvalue weighted by atomic mass is 9.75. The molecule has 1 heterocycles. The minimum absolute atomic E-state index is 0.299. The second-order valence-corrected chi connectivity index (χ2v) is 6.53. The summed E-state index contributed by atoms with van der Waals surface area (Å²) in [6, 6.07) is 2.26. The Morgan fingerprint density at radius 2 is 2.31 bits per heavy atom. The maximum atomic E-state index is 6.18. The standard InChI is InChI=1S/C12H19N3S/c1-12(2)5-3-9(13)10(7-12)16-11-4-6-14-8-15-11/h4,6,8-10H,3,5,7,13H2,1-2H3. The molecule has 2 atom stereocenters. The first-order valence-electron chi connectivity index (χ1n) is 5.75. The van der Waals surface area contributed by atoms with Crippen LogP contribution in [0.25, 0.3) is 0 Å². The molecule has 4 heteroatoms. The molecule has 2 unspecified atom stereocenters. The Morgan fingerprint density at radius 3 is 3.00 bits per heavy atom. The zero-order chi connectivity index (χ0) is 11.6. The quantitative estimate of drug-likeness (QED) is 0.803. The molecule has 1 aliphatic carbocycles. The van der Waals surface area contributed by atoms with Crippen molar-refractivity contribution < 1.29 is 0 Å². The van der Waals surface area contributed by atoms with Crippen LogP contribution in [0.4, 0.5) is 0 Å². The van der Waals surface area contributed by atoms with E-state index in [9.17, 15) is 0 Å². The summed E-state index contributed by atoms with van der Waals surface area (Å²) in [6.45, 7) is 4.65. The highest BCUT2D eigenvalue weighted by Crippen LogP contribution is 2.41. The topological polar surface area (TPSA) is 51.8 Å². The molecule has 0 bridgehead atoms. The number of nitrogens with zero attached hydrogens (tertiary/aromatic N) is 2. The molecule has 0 radical (unpaired) electrons. The van der Waals surface area contributed by atoms with Crippen LogP contribution in [0.15, 0.2) is 23.6 Å². The van der Waals surface area contributed by atoms with E-state index in [0.29, 0.717) is 16.7 Å². The highest BCUT2D eigenvalue weighted by Gasteiger charge is 2.33. The van der Waals surface area contributed by atoms with Crippen molar-refractivity contribution in [3.63, 3.8) is 0 Å². The zero-order valence-electron chi connectivity index (χ0n) is 9.89. The third-order valence-electron chi connectivity index (χ3n) is 3.21. The van der Waals surface area contributed by atoms with Crippen molar-refractivity contribution in [2.75, 3.05) is 0 Å². The van der Waals surface area contributed by atoms with E-state index in [1.807, 2.05) is 6.07 Å². The smallest absolute Gasteiger partial charge is 0.116 e. The van der Waals surface area contributed by atoms with Gasteiger partial charge in [0.25, 0.3) is 0 Å². The Hall–Kier alpha value is -0.610. The zero-order valence-corrected chi connectivity index (χ0v) is 10.7. The Balaban J connectivity index is 2.03. The normalized spacial score (nSPS) is 28.9. The molecule has 0 aromatic carbocycles. The van der Waals surface area contributed by atoms with Crippen LogP contribution in [0.5, 0.6) is 0 Å². The van der Waals surface area contributed by atoms with Gasteiger partial charge in [0.1, 0.15) is 6.33 Å². The van der Waals surface area contributed by atoms with Gasteiger partial charge in [0.2, 0.25) is 0 Å². The monoisotopic (exact) mass is 237 g/mol. The molecule has 1 fully saturated rings. The average Bonchev–Trinajstić information content (AvgIpc) is 2.25. The van der Waals surface area contributed by atoms with Crippen LogP contribution in [-0.2, 0) is 0 Å². The van der Waals surface area contributed by atoms with Crippen molar-refractivity contribution in [2.45, 2.75) is 49.4 Å². The molecule has 0 amide bonds. The summed E-state index contributed by atoms with van der Waals surface area (Å²) < 4.78 is 0. The van der Waals surface area contributed by atoms with Crippen molar-refractivity contribution in [1.29, 1.82) is 0 Å². The van der Waals surface area contributed by atoms with Crippen molar-refractivity contribution in [3.05, 3.63) is 18.6 Å². The second-order valence-electron chi connectivity index (χ2n) is 5.27. The van der Waals surface area contributed by atoms with Gasteiger partial charge in [-0.15, -0.1) is 11.8 Å². The van der Waals surface area contributed by atoms with Crippen LogP contribution < -0.4 is 5.73 Å². The highest BCUT2D eigenvalue weighted by atomic mass is 32.2. The van der Waals surface area contributed by atoms with E-state index in [4.69, 9.17) is 5.73 Å². The van der Waals surface area contributed by atoms with Crippen LogP contribution in [0.3, 0.4) is 0 Å². The number of hydrogen-bond acceptors (Lipinski definition) is 4. The molecule has 0 saturated heterocycles. The molecule has 16 heavy (non-hydrogen) atoms. The van der Waals surface area contributed by atoms with Crippen molar-refractivity contribution in [1.82, 2.24) is 9.97 Å². The van der Waals surface area contributed by atoms with Gasteiger partial charge in [-0.25, -0.2) is 9.97 Å². The first-order valence-corrected chi connectivity index (χ1v) is 6.63. The van der Waals surface area contributed by atoms with Gasteiger partial charge < -0.3 is 5.73 Å². The summed E-state index contributed by atoms with van der Waals surface area (Å²) >= 11 is 1.80. The lowest BCUT2D eigenvalue weighted by Crippen LogP contribution is -2.41. The lowest BCUT2D eigenvalue weighted by Gasteiger charge is -2.38. The molecule has 3 nitrogen and oxygen atoms in total.